The molecule has 19 heavy (non-hydrogen) atoms. The lowest BCUT2D eigenvalue weighted by atomic mass is 9.80. The van der Waals surface area contributed by atoms with Crippen LogP contribution in [0.4, 0.5) is 0 Å². The predicted molar refractivity (Wildman–Crippen MR) is 74.6 cm³/mol. The minimum atomic E-state index is -0.680. The molecule has 2 aliphatic rings. The minimum Gasteiger partial charge on any atom is -0.340 e. The number of nitrogens with zero attached hydrogens (tertiary/aromatic N) is 1. The second kappa shape index (κ2) is 4.80. The smallest absolute Gasteiger partial charge is 0.249 e. The van der Waals surface area contributed by atoms with E-state index in [9.17, 15) is 9.59 Å². The number of carbonyl (C=O) groups is 2. The van der Waals surface area contributed by atoms with E-state index in [4.69, 9.17) is 0 Å². The molecule has 1 heterocycles. The highest BCUT2D eigenvalue weighted by Crippen LogP contribution is 2.46. The number of amides is 2. The number of nitrogens with one attached hydrogen (secondary N) is 1. The first-order valence-corrected chi connectivity index (χ1v) is 7.61. The molecule has 0 aromatic carbocycles. The summed E-state index contributed by atoms with van der Waals surface area (Å²) in [5.41, 5.74) is -1.30. The molecule has 0 spiro atoms. The van der Waals surface area contributed by atoms with Gasteiger partial charge < -0.3 is 10.2 Å². The highest BCUT2D eigenvalue weighted by Gasteiger charge is 2.60. The molecule has 108 valence electrons. The summed E-state index contributed by atoms with van der Waals surface area (Å²) < 4.78 is 0. The summed E-state index contributed by atoms with van der Waals surface area (Å²) in [6, 6.07) is 0. The van der Waals surface area contributed by atoms with Crippen molar-refractivity contribution in [2.75, 3.05) is 6.54 Å². The average Bonchev–Trinajstić information content (AvgIpc) is 3.24. The first kappa shape index (κ1) is 14.4. The molecular weight excluding hydrogens is 240 g/mol. The van der Waals surface area contributed by atoms with Gasteiger partial charge in [0.25, 0.3) is 0 Å². The monoisotopic (exact) mass is 266 g/mol. The molecule has 1 N–H and O–H groups in total. The largest absolute Gasteiger partial charge is 0.340 e. The van der Waals surface area contributed by atoms with Gasteiger partial charge in [0.2, 0.25) is 11.8 Å². The van der Waals surface area contributed by atoms with Crippen LogP contribution in [0.3, 0.4) is 0 Å². The van der Waals surface area contributed by atoms with E-state index < -0.39 is 11.1 Å². The Hall–Kier alpha value is -1.06. The predicted octanol–water partition coefficient (Wildman–Crippen LogP) is 2.08. The van der Waals surface area contributed by atoms with Gasteiger partial charge in [-0.15, -0.1) is 0 Å². The molecule has 2 rings (SSSR count). The third-order valence-corrected chi connectivity index (χ3v) is 5.05. The van der Waals surface area contributed by atoms with E-state index in [1.807, 2.05) is 25.7 Å². The Balaban J connectivity index is 2.39. The van der Waals surface area contributed by atoms with Crippen molar-refractivity contribution in [1.82, 2.24) is 10.2 Å². The third kappa shape index (κ3) is 1.96. The summed E-state index contributed by atoms with van der Waals surface area (Å²) in [7, 11) is 0. The van der Waals surface area contributed by atoms with Gasteiger partial charge in [0.15, 0.2) is 0 Å². The van der Waals surface area contributed by atoms with Crippen molar-refractivity contribution >= 4 is 11.8 Å². The summed E-state index contributed by atoms with van der Waals surface area (Å²) in [5, 5.41) is 3.05. The maximum atomic E-state index is 12.9. The Morgan fingerprint density at radius 3 is 2.21 bits per heavy atom. The van der Waals surface area contributed by atoms with Crippen LogP contribution in [0.25, 0.3) is 0 Å². The first-order chi connectivity index (χ1) is 8.96. The van der Waals surface area contributed by atoms with Crippen LogP contribution in [0.2, 0.25) is 0 Å². The Morgan fingerprint density at radius 2 is 1.79 bits per heavy atom. The van der Waals surface area contributed by atoms with Gasteiger partial charge in [0, 0.05) is 6.54 Å². The highest BCUT2D eigenvalue weighted by atomic mass is 16.2. The van der Waals surface area contributed by atoms with Gasteiger partial charge in [-0.3, -0.25) is 9.59 Å². The molecule has 1 aliphatic heterocycles. The Labute approximate surface area is 115 Å². The van der Waals surface area contributed by atoms with Crippen LogP contribution in [0.5, 0.6) is 0 Å². The molecule has 1 atom stereocenters. The molecule has 2 fully saturated rings. The van der Waals surface area contributed by atoms with Gasteiger partial charge in [0.05, 0.1) is 0 Å². The van der Waals surface area contributed by atoms with Crippen molar-refractivity contribution in [1.29, 1.82) is 0 Å². The summed E-state index contributed by atoms with van der Waals surface area (Å²) >= 11 is 0. The van der Waals surface area contributed by atoms with Gasteiger partial charge in [0.1, 0.15) is 11.1 Å². The van der Waals surface area contributed by atoms with Crippen LogP contribution in [0.1, 0.15) is 59.8 Å². The third-order valence-electron chi connectivity index (χ3n) is 5.05. The number of piperazine rings is 1. The van der Waals surface area contributed by atoms with Gasteiger partial charge in [-0.2, -0.15) is 0 Å². The van der Waals surface area contributed by atoms with Crippen LogP contribution >= 0.6 is 0 Å². The molecule has 1 saturated carbocycles. The van der Waals surface area contributed by atoms with Crippen molar-refractivity contribution in [2.24, 2.45) is 5.92 Å². The van der Waals surface area contributed by atoms with Crippen LogP contribution in [0, 0.1) is 5.92 Å². The van der Waals surface area contributed by atoms with Crippen molar-refractivity contribution in [3.63, 3.8) is 0 Å². The van der Waals surface area contributed by atoms with Gasteiger partial charge in [-0.05, 0) is 44.9 Å². The van der Waals surface area contributed by atoms with E-state index in [0.29, 0.717) is 25.3 Å². The normalized spacial score (nSPS) is 30.4. The number of hydrogen-bond donors (Lipinski definition) is 1. The fraction of sp³-hybridized carbons (Fsp3) is 0.867. The van der Waals surface area contributed by atoms with Crippen molar-refractivity contribution in [2.45, 2.75) is 70.9 Å². The Morgan fingerprint density at radius 1 is 1.21 bits per heavy atom. The minimum absolute atomic E-state index is 0.0479. The molecule has 0 bridgehead atoms. The molecule has 1 saturated heterocycles. The van der Waals surface area contributed by atoms with Crippen molar-refractivity contribution < 1.29 is 9.59 Å². The van der Waals surface area contributed by atoms with Crippen molar-refractivity contribution in [3.8, 4) is 0 Å². The first-order valence-electron chi connectivity index (χ1n) is 7.61. The summed E-state index contributed by atoms with van der Waals surface area (Å²) in [4.78, 5) is 27.4. The second-order valence-corrected chi connectivity index (χ2v) is 6.12. The van der Waals surface area contributed by atoms with E-state index in [1.54, 1.807) is 0 Å². The standard InChI is InChI=1S/C15H26N2O2/c1-5-10-17-13(19)15(6-2,7-3)16-12(18)14(17,4)11-8-9-11/h11H,5-10H2,1-4H3,(H,16,18). The molecule has 0 aromatic rings. The lowest BCUT2D eigenvalue weighted by Gasteiger charge is -2.51. The number of rotatable bonds is 5. The molecule has 0 radical (unpaired) electrons. The molecule has 4 heteroatoms. The molecule has 0 aromatic heterocycles. The van der Waals surface area contributed by atoms with Gasteiger partial charge in [-0.1, -0.05) is 20.8 Å². The van der Waals surface area contributed by atoms with Crippen LogP contribution in [-0.4, -0.2) is 34.3 Å². The topological polar surface area (TPSA) is 49.4 Å². The number of carbonyl (C=O) groups excluding carboxylic acids is 2. The highest BCUT2D eigenvalue weighted by molar-refractivity contribution is 6.02. The zero-order chi connectivity index (χ0) is 14.3. The van der Waals surface area contributed by atoms with Crippen LogP contribution in [0.15, 0.2) is 0 Å². The Bertz CT molecular complexity index is 386. The van der Waals surface area contributed by atoms with Crippen LogP contribution in [-0.2, 0) is 9.59 Å². The maximum absolute atomic E-state index is 12.9. The van der Waals surface area contributed by atoms with Gasteiger partial charge in [-0.25, -0.2) is 0 Å². The molecule has 1 aliphatic carbocycles. The second-order valence-electron chi connectivity index (χ2n) is 6.12. The lowest BCUT2D eigenvalue weighted by molar-refractivity contribution is -0.164. The van der Waals surface area contributed by atoms with E-state index in [2.05, 4.69) is 12.2 Å². The molecular formula is C15H26N2O2. The summed E-state index contributed by atoms with van der Waals surface area (Å²) in [6.07, 6.45) is 4.33. The quantitative estimate of drug-likeness (QED) is 0.828. The number of hydrogen-bond acceptors (Lipinski definition) is 2. The fourth-order valence-electron chi connectivity index (χ4n) is 3.33. The zero-order valence-electron chi connectivity index (χ0n) is 12.6. The fourth-order valence-corrected chi connectivity index (χ4v) is 3.33. The molecule has 2 amide bonds. The zero-order valence-corrected chi connectivity index (χ0v) is 12.6. The van der Waals surface area contributed by atoms with E-state index in [0.717, 1.165) is 19.3 Å². The van der Waals surface area contributed by atoms with E-state index in [1.165, 1.54) is 0 Å². The lowest BCUT2D eigenvalue weighted by Crippen LogP contribution is -2.75. The van der Waals surface area contributed by atoms with Crippen molar-refractivity contribution in [3.05, 3.63) is 0 Å². The maximum Gasteiger partial charge on any atom is 0.249 e. The molecule has 4 nitrogen and oxygen atoms in total. The average molecular weight is 266 g/mol. The Kier molecular flexibility index (Phi) is 3.63. The van der Waals surface area contributed by atoms with Gasteiger partial charge >= 0.3 is 0 Å². The summed E-state index contributed by atoms with van der Waals surface area (Å²) in [6.45, 7) is 8.65. The SMILES string of the molecule is CCCN1C(=O)C(CC)(CC)NC(=O)C1(C)C1CC1. The summed E-state index contributed by atoms with van der Waals surface area (Å²) in [5.74, 6) is 0.509. The van der Waals surface area contributed by atoms with E-state index in [-0.39, 0.29) is 11.8 Å². The van der Waals surface area contributed by atoms with Crippen LogP contribution < -0.4 is 5.32 Å². The molecule has 1 unspecified atom stereocenters. The van der Waals surface area contributed by atoms with E-state index >= 15 is 0 Å².